The summed E-state index contributed by atoms with van der Waals surface area (Å²) in [5.74, 6) is 0.367. The van der Waals surface area contributed by atoms with Gasteiger partial charge in [0.25, 0.3) is 0 Å². The molecule has 1 spiro atoms. The smallest absolute Gasteiger partial charge is 0.163 e. The minimum absolute atomic E-state index is 0.367. The Morgan fingerprint density at radius 2 is 1.86 bits per heavy atom. The number of ketones is 1. The third-order valence-electron chi connectivity index (χ3n) is 3.83. The lowest BCUT2D eigenvalue weighted by atomic mass is 9.59. The average Bonchev–Trinajstić information content (AvgIpc) is 2.15. The van der Waals surface area contributed by atoms with E-state index >= 15 is 0 Å². The van der Waals surface area contributed by atoms with Gasteiger partial charge in [-0.3, -0.25) is 4.79 Å². The molecule has 1 aromatic carbocycles. The zero-order chi connectivity index (χ0) is 9.60. The number of benzene rings is 1. The van der Waals surface area contributed by atoms with Crippen LogP contribution in [0.15, 0.2) is 24.3 Å². The van der Waals surface area contributed by atoms with Crippen LogP contribution in [0.25, 0.3) is 0 Å². The predicted molar refractivity (Wildman–Crippen MR) is 55.4 cm³/mol. The van der Waals surface area contributed by atoms with Crippen molar-refractivity contribution in [3.8, 4) is 0 Å². The Morgan fingerprint density at radius 3 is 2.57 bits per heavy atom. The Balaban J connectivity index is 2.04. The lowest BCUT2D eigenvalue weighted by Gasteiger charge is -2.44. The van der Waals surface area contributed by atoms with E-state index in [-0.39, 0.29) is 0 Å². The Morgan fingerprint density at radius 1 is 1.07 bits per heavy atom. The largest absolute Gasteiger partial charge is 0.294 e. The van der Waals surface area contributed by atoms with Crippen LogP contribution in [0.5, 0.6) is 0 Å². The second kappa shape index (κ2) is 2.69. The molecule has 1 saturated carbocycles. The van der Waals surface area contributed by atoms with E-state index < -0.39 is 0 Å². The molecule has 1 nitrogen and oxygen atoms in total. The summed E-state index contributed by atoms with van der Waals surface area (Å²) in [6.45, 7) is 0. The van der Waals surface area contributed by atoms with Crippen molar-refractivity contribution in [2.24, 2.45) is 5.41 Å². The Hall–Kier alpha value is -1.11. The van der Waals surface area contributed by atoms with Crippen molar-refractivity contribution in [2.75, 3.05) is 0 Å². The van der Waals surface area contributed by atoms with Gasteiger partial charge < -0.3 is 0 Å². The van der Waals surface area contributed by atoms with Crippen molar-refractivity contribution in [3.63, 3.8) is 0 Å². The first-order valence-corrected chi connectivity index (χ1v) is 5.40. The fourth-order valence-corrected chi connectivity index (χ4v) is 2.88. The van der Waals surface area contributed by atoms with Gasteiger partial charge in [0.1, 0.15) is 0 Å². The third kappa shape index (κ3) is 1.05. The summed E-state index contributed by atoms with van der Waals surface area (Å²) in [6.07, 6.45) is 5.76. The van der Waals surface area contributed by atoms with Gasteiger partial charge in [-0.2, -0.15) is 0 Å². The molecule has 2 aliphatic carbocycles. The molecule has 0 heterocycles. The molecule has 0 unspecified atom stereocenters. The van der Waals surface area contributed by atoms with Crippen LogP contribution in [0.4, 0.5) is 0 Å². The molecule has 0 atom stereocenters. The first kappa shape index (κ1) is 8.22. The predicted octanol–water partition coefficient (Wildman–Crippen LogP) is 2.99. The van der Waals surface area contributed by atoms with Crippen LogP contribution in [0.2, 0.25) is 0 Å². The summed E-state index contributed by atoms with van der Waals surface area (Å²) in [6, 6.07) is 8.11. The first-order valence-electron chi connectivity index (χ1n) is 5.40. The quantitative estimate of drug-likeness (QED) is 0.608. The molecule has 0 bridgehead atoms. The Bertz CT molecular complexity index is 388. The van der Waals surface area contributed by atoms with Gasteiger partial charge in [-0.1, -0.05) is 30.7 Å². The number of carbonyl (C=O) groups excluding carboxylic acids is 1. The van der Waals surface area contributed by atoms with Gasteiger partial charge in [0.15, 0.2) is 5.78 Å². The van der Waals surface area contributed by atoms with Crippen LogP contribution in [0.1, 0.15) is 41.6 Å². The summed E-state index contributed by atoms with van der Waals surface area (Å²) < 4.78 is 0. The van der Waals surface area contributed by atoms with E-state index in [0.29, 0.717) is 11.2 Å². The van der Waals surface area contributed by atoms with Gasteiger partial charge in [0, 0.05) is 12.0 Å². The van der Waals surface area contributed by atoms with Crippen LogP contribution < -0.4 is 0 Å². The van der Waals surface area contributed by atoms with Crippen molar-refractivity contribution >= 4 is 5.78 Å². The summed E-state index contributed by atoms with van der Waals surface area (Å²) in [5.41, 5.74) is 2.62. The molecule has 0 amide bonds. The Labute approximate surface area is 84.1 Å². The number of hydrogen-bond donors (Lipinski definition) is 0. The molecule has 72 valence electrons. The van der Waals surface area contributed by atoms with Gasteiger partial charge >= 0.3 is 0 Å². The minimum Gasteiger partial charge on any atom is -0.294 e. The molecule has 0 aliphatic heterocycles. The average molecular weight is 186 g/mol. The highest BCUT2D eigenvalue weighted by molar-refractivity contribution is 5.99. The topological polar surface area (TPSA) is 17.1 Å². The summed E-state index contributed by atoms with van der Waals surface area (Å²) in [5, 5.41) is 0. The van der Waals surface area contributed by atoms with Crippen molar-refractivity contribution < 1.29 is 4.79 Å². The third-order valence-corrected chi connectivity index (χ3v) is 3.83. The number of fused-ring (bicyclic) bond motifs is 1. The highest BCUT2D eigenvalue weighted by Gasteiger charge is 2.42. The molecule has 0 radical (unpaired) electrons. The zero-order valence-electron chi connectivity index (χ0n) is 8.25. The number of Topliss-reactive ketones (excluding diaryl/α,β-unsaturated/α-hetero) is 1. The molecule has 0 aromatic heterocycles. The molecule has 14 heavy (non-hydrogen) atoms. The maximum absolute atomic E-state index is 11.9. The van der Waals surface area contributed by atoms with Gasteiger partial charge in [0.2, 0.25) is 0 Å². The number of carbonyl (C=O) groups is 1. The van der Waals surface area contributed by atoms with Crippen LogP contribution in [-0.2, 0) is 6.42 Å². The maximum atomic E-state index is 11.9. The monoisotopic (exact) mass is 186 g/mol. The molecular formula is C13H14O. The maximum Gasteiger partial charge on any atom is 0.163 e. The fourth-order valence-electron chi connectivity index (χ4n) is 2.88. The number of rotatable bonds is 0. The minimum atomic E-state index is 0.367. The second-order valence-electron chi connectivity index (χ2n) is 4.79. The van der Waals surface area contributed by atoms with Crippen LogP contribution in [0.3, 0.4) is 0 Å². The normalized spacial score (nSPS) is 23.0. The standard InChI is InChI=1S/C13H14O/c14-12-9-13(6-3-7-13)8-10-4-1-2-5-11(10)12/h1-2,4-5H,3,6-9H2. The summed E-state index contributed by atoms with van der Waals surface area (Å²) in [4.78, 5) is 11.9. The molecule has 0 saturated heterocycles. The number of hydrogen-bond acceptors (Lipinski definition) is 1. The lowest BCUT2D eigenvalue weighted by molar-refractivity contribution is 0.0712. The Kier molecular flexibility index (Phi) is 1.58. The zero-order valence-corrected chi connectivity index (χ0v) is 8.25. The van der Waals surface area contributed by atoms with E-state index in [0.717, 1.165) is 18.4 Å². The van der Waals surface area contributed by atoms with Crippen LogP contribution in [0, 0.1) is 5.41 Å². The van der Waals surface area contributed by atoms with Gasteiger partial charge in [-0.25, -0.2) is 0 Å². The fraction of sp³-hybridized carbons (Fsp3) is 0.462. The molecule has 1 aromatic rings. The molecule has 3 rings (SSSR count). The van der Waals surface area contributed by atoms with Crippen molar-refractivity contribution in [1.82, 2.24) is 0 Å². The SMILES string of the molecule is O=C1CC2(CCC2)Cc2ccccc21. The molecule has 1 fully saturated rings. The van der Waals surface area contributed by atoms with Gasteiger partial charge in [-0.15, -0.1) is 0 Å². The highest BCUT2D eigenvalue weighted by atomic mass is 16.1. The van der Waals surface area contributed by atoms with Crippen molar-refractivity contribution in [3.05, 3.63) is 35.4 Å². The van der Waals surface area contributed by atoms with E-state index in [9.17, 15) is 4.79 Å². The van der Waals surface area contributed by atoms with Crippen molar-refractivity contribution in [1.29, 1.82) is 0 Å². The second-order valence-corrected chi connectivity index (χ2v) is 4.79. The van der Waals surface area contributed by atoms with Crippen LogP contribution in [-0.4, -0.2) is 5.78 Å². The van der Waals surface area contributed by atoms with Gasteiger partial charge in [-0.05, 0) is 30.2 Å². The van der Waals surface area contributed by atoms with E-state index in [2.05, 4.69) is 6.07 Å². The van der Waals surface area contributed by atoms with E-state index in [1.54, 1.807) is 0 Å². The van der Waals surface area contributed by atoms with Crippen molar-refractivity contribution in [2.45, 2.75) is 32.1 Å². The van der Waals surface area contributed by atoms with E-state index in [4.69, 9.17) is 0 Å². The lowest BCUT2D eigenvalue weighted by Crippen LogP contribution is -2.38. The summed E-state index contributed by atoms with van der Waals surface area (Å²) in [7, 11) is 0. The van der Waals surface area contributed by atoms with E-state index in [1.807, 2.05) is 18.2 Å². The molecule has 2 aliphatic rings. The first-order chi connectivity index (χ1) is 6.79. The molecular weight excluding hydrogens is 172 g/mol. The van der Waals surface area contributed by atoms with Gasteiger partial charge in [0.05, 0.1) is 0 Å². The van der Waals surface area contributed by atoms with Crippen LogP contribution >= 0.6 is 0 Å². The summed E-state index contributed by atoms with van der Waals surface area (Å²) >= 11 is 0. The highest BCUT2D eigenvalue weighted by Crippen LogP contribution is 2.49. The molecule has 0 N–H and O–H groups in total. The molecule has 1 heteroatoms. The van der Waals surface area contributed by atoms with E-state index in [1.165, 1.54) is 24.8 Å².